The lowest BCUT2D eigenvalue weighted by atomic mass is 9.92. The van der Waals surface area contributed by atoms with Crippen molar-refractivity contribution in [3.8, 4) is 11.8 Å². The van der Waals surface area contributed by atoms with Crippen LogP contribution in [-0.2, 0) is 9.53 Å². The molecule has 0 radical (unpaired) electrons. The molecule has 0 saturated carbocycles. The number of ether oxygens (including phenoxy) is 1. The molecule has 0 atom stereocenters. The van der Waals surface area contributed by atoms with Crippen molar-refractivity contribution in [3.63, 3.8) is 0 Å². The summed E-state index contributed by atoms with van der Waals surface area (Å²) in [6.07, 6.45) is 1.61. The highest BCUT2D eigenvalue weighted by molar-refractivity contribution is 5.58. The molecule has 0 bridgehead atoms. The van der Waals surface area contributed by atoms with Crippen LogP contribution in [-0.4, -0.2) is 44.0 Å². The first-order valence-electron chi connectivity index (χ1n) is 5.36. The molecule has 84 valence electrons. The van der Waals surface area contributed by atoms with Crippen LogP contribution in [0.1, 0.15) is 20.3 Å². The Kier molecular flexibility index (Phi) is 4.80. The maximum atomic E-state index is 10.6. The monoisotopic (exact) mass is 209 g/mol. The number of aldehydes is 1. The second-order valence-corrected chi connectivity index (χ2v) is 4.53. The van der Waals surface area contributed by atoms with E-state index in [4.69, 9.17) is 4.74 Å². The summed E-state index contributed by atoms with van der Waals surface area (Å²) in [4.78, 5) is 12.9. The zero-order chi connectivity index (χ0) is 11.1. The van der Waals surface area contributed by atoms with Gasteiger partial charge < -0.3 is 9.53 Å². The number of hydrogen-bond acceptors (Lipinski definition) is 3. The molecule has 3 nitrogen and oxygen atoms in total. The molecule has 0 aliphatic carbocycles. The first-order chi connectivity index (χ1) is 7.14. The molecule has 0 aromatic heterocycles. The van der Waals surface area contributed by atoms with Crippen molar-refractivity contribution in [2.75, 3.05) is 32.8 Å². The third-order valence-electron chi connectivity index (χ3n) is 2.39. The van der Waals surface area contributed by atoms with E-state index in [-0.39, 0.29) is 5.41 Å². The maximum absolute atomic E-state index is 10.6. The quantitative estimate of drug-likeness (QED) is 0.512. The van der Waals surface area contributed by atoms with Gasteiger partial charge in [0.15, 0.2) is 0 Å². The van der Waals surface area contributed by atoms with E-state index in [1.54, 1.807) is 0 Å². The average molecular weight is 209 g/mol. The van der Waals surface area contributed by atoms with E-state index in [0.717, 1.165) is 39.1 Å². The molecule has 0 amide bonds. The zero-order valence-corrected chi connectivity index (χ0v) is 9.58. The van der Waals surface area contributed by atoms with Crippen molar-refractivity contribution >= 4 is 6.29 Å². The topological polar surface area (TPSA) is 29.5 Å². The summed E-state index contributed by atoms with van der Waals surface area (Å²) >= 11 is 0. The van der Waals surface area contributed by atoms with Gasteiger partial charge in [0.2, 0.25) is 0 Å². The van der Waals surface area contributed by atoms with Crippen molar-refractivity contribution in [1.29, 1.82) is 0 Å². The summed E-state index contributed by atoms with van der Waals surface area (Å²) < 4.78 is 5.24. The second-order valence-electron chi connectivity index (χ2n) is 4.53. The zero-order valence-electron chi connectivity index (χ0n) is 9.58. The van der Waals surface area contributed by atoms with E-state index in [1.807, 2.05) is 13.8 Å². The molecule has 1 aliphatic rings. The second kappa shape index (κ2) is 5.89. The van der Waals surface area contributed by atoms with Crippen molar-refractivity contribution in [1.82, 2.24) is 4.90 Å². The van der Waals surface area contributed by atoms with E-state index in [1.165, 1.54) is 0 Å². The minimum Gasteiger partial charge on any atom is -0.379 e. The minimum absolute atomic E-state index is 0.308. The van der Waals surface area contributed by atoms with E-state index in [9.17, 15) is 4.79 Å². The molecule has 1 fully saturated rings. The SMILES string of the molecule is CC(C)(C=O)CC#CCN1CCOCC1. The number of carbonyl (C=O) groups is 1. The Morgan fingerprint density at radius 1 is 1.33 bits per heavy atom. The Labute approximate surface area is 91.8 Å². The summed E-state index contributed by atoms with van der Waals surface area (Å²) in [5.74, 6) is 6.17. The van der Waals surface area contributed by atoms with Gasteiger partial charge in [-0.1, -0.05) is 19.8 Å². The van der Waals surface area contributed by atoms with Crippen LogP contribution in [0.4, 0.5) is 0 Å². The van der Waals surface area contributed by atoms with Crippen LogP contribution in [0.3, 0.4) is 0 Å². The van der Waals surface area contributed by atoms with Gasteiger partial charge in [0.1, 0.15) is 6.29 Å². The van der Waals surface area contributed by atoms with E-state index >= 15 is 0 Å². The van der Waals surface area contributed by atoms with Gasteiger partial charge in [-0.15, -0.1) is 5.92 Å². The van der Waals surface area contributed by atoms with Crippen LogP contribution in [0.15, 0.2) is 0 Å². The fourth-order valence-corrected chi connectivity index (χ4v) is 1.26. The molecule has 15 heavy (non-hydrogen) atoms. The van der Waals surface area contributed by atoms with Crippen LogP contribution in [0.5, 0.6) is 0 Å². The third-order valence-corrected chi connectivity index (χ3v) is 2.39. The lowest BCUT2D eigenvalue weighted by Crippen LogP contribution is -2.36. The van der Waals surface area contributed by atoms with Crippen LogP contribution in [0.25, 0.3) is 0 Å². The predicted octanol–water partition coefficient (Wildman–Crippen LogP) is 0.937. The third kappa shape index (κ3) is 4.96. The maximum Gasteiger partial charge on any atom is 0.126 e. The molecular formula is C12H19NO2. The average Bonchev–Trinajstić information content (AvgIpc) is 2.26. The number of carbonyl (C=O) groups excluding carboxylic acids is 1. The highest BCUT2D eigenvalue weighted by Gasteiger charge is 2.14. The molecule has 1 saturated heterocycles. The summed E-state index contributed by atoms with van der Waals surface area (Å²) in [5, 5.41) is 0. The smallest absolute Gasteiger partial charge is 0.126 e. The van der Waals surface area contributed by atoms with Crippen molar-refractivity contribution in [3.05, 3.63) is 0 Å². The van der Waals surface area contributed by atoms with Crippen LogP contribution < -0.4 is 0 Å². The molecule has 0 N–H and O–H groups in total. The molecule has 0 unspecified atom stereocenters. The first kappa shape index (κ1) is 12.2. The Morgan fingerprint density at radius 2 is 2.00 bits per heavy atom. The van der Waals surface area contributed by atoms with Gasteiger partial charge >= 0.3 is 0 Å². The van der Waals surface area contributed by atoms with Crippen molar-refractivity contribution in [2.45, 2.75) is 20.3 Å². The molecule has 0 aromatic carbocycles. The van der Waals surface area contributed by atoms with Crippen molar-refractivity contribution < 1.29 is 9.53 Å². The van der Waals surface area contributed by atoms with Crippen molar-refractivity contribution in [2.24, 2.45) is 5.41 Å². The largest absolute Gasteiger partial charge is 0.379 e. The Hall–Kier alpha value is -0.850. The molecule has 1 heterocycles. The molecule has 1 rings (SSSR count). The Morgan fingerprint density at radius 3 is 2.60 bits per heavy atom. The van der Waals surface area contributed by atoms with Gasteiger partial charge in [-0.05, 0) is 0 Å². The number of nitrogens with zero attached hydrogens (tertiary/aromatic N) is 1. The predicted molar refractivity (Wildman–Crippen MR) is 59.5 cm³/mol. The highest BCUT2D eigenvalue weighted by atomic mass is 16.5. The molecular weight excluding hydrogens is 190 g/mol. The van der Waals surface area contributed by atoms with Crippen LogP contribution in [0, 0.1) is 17.3 Å². The lowest BCUT2D eigenvalue weighted by Gasteiger charge is -2.24. The number of hydrogen-bond donors (Lipinski definition) is 0. The van der Waals surface area contributed by atoms with E-state index < -0.39 is 0 Å². The molecule has 0 spiro atoms. The van der Waals surface area contributed by atoms with Gasteiger partial charge in [-0.2, -0.15) is 0 Å². The lowest BCUT2D eigenvalue weighted by molar-refractivity contribution is -0.114. The molecule has 1 aliphatic heterocycles. The first-order valence-corrected chi connectivity index (χ1v) is 5.36. The highest BCUT2D eigenvalue weighted by Crippen LogP contribution is 2.14. The summed E-state index contributed by atoms with van der Waals surface area (Å²) in [6, 6.07) is 0. The van der Waals surface area contributed by atoms with Crippen LogP contribution >= 0.6 is 0 Å². The standard InChI is InChI=1S/C12H19NO2/c1-12(2,11-14)5-3-4-6-13-7-9-15-10-8-13/h11H,5-10H2,1-2H3. The number of morpholine rings is 1. The summed E-state index contributed by atoms with van der Waals surface area (Å²) in [7, 11) is 0. The van der Waals surface area contributed by atoms with E-state index in [0.29, 0.717) is 6.42 Å². The van der Waals surface area contributed by atoms with Gasteiger partial charge in [0, 0.05) is 24.9 Å². The molecule has 0 aromatic rings. The Bertz CT molecular complexity index is 257. The fourth-order valence-electron chi connectivity index (χ4n) is 1.26. The van der Waals surface area contributed by atoms with Gasteiger partial charge in [0.05, 0.1) is 19.8 Å². The number of rotatable bonds is 3. The Balaban J connectivity index is 2.23. The van der Waals surface area contributed by atoms with Gasteiger partial charge in [-0.25, -0.2) is 0 Å². The van der Waals surface area contributed by atoms with Gasteiger partial charge in [0.25, 0.3) is 0 Å². The normalized spacial score (nSPS) is 18.0. The van der Waals surface area contributed by atoms with Crippen LogP contribution in [0.2, 0.25) is 0 Å². The fraction of sp³-hybridized carbons (Fsp3) is 0.750. The summed E-state index contributed by atoms with van der Waals surface area (Å²) in [6.45, 7) is 8.14. The summed E-state index contributed by atoms with van der Waals surface area (Å²) in [5.41, 5.74) is -0.308. The molecule has 3 heteroatoms. The minimum atomic E-state index is -0.308. The van der Waals surface area contributed by atoms with Gasteiger partial charge in [-0.3, -0.25) is 4.90 Å². The van der Waals surface area contributed by atoms with E-state index in [2.05, 4.69) is 16.7 Å².